The summed E-state index contributed by atoms with van der Waals surface area (Å²) in [5.74, 6) is 0.832. The van der Waals surface area contributed by atoms with E-state index in [1.54, 1.807) is 17.5 Å². The quantitative estimate of drug-likeness (QED) is 0.788. The monoisotopic (exact) mass is 226 g/mol. The summed E-state index contributed by atoms with van der Waals surface area (Å²) in [6.45, 7) is 0. The maximum absolute atomic E-state index is 8.77. The summed E-state index contributed by atoms with van der Waals surface area (Å²) < 4.78 is 5.37. The second-order valence-corrected chi connectivity index (χ2v) is 3.50. The molecule has 0 N–H and O–H groups in total. The van der Waals surface area contributed by atoms with Crippen LogP contribution in [0.5, 0.6) is 11.6 Å². The lowest BCUT2D eigenvalue weighted by molar-refractivity contribution is 0.466. The number of rotatable bonds is 2. The molecule has 0 unspecified atom stereocenters. The van der Waals surface area contributed by atoms with Gasteiger partial charge >= 0.3 is 0 Å². The Balaban J connectivity index is 2.35. The summed E-state index contributed by atoms with van der Waals surface area (Å²) in [4.78, 5) is 3.83. The lowest BCUT2D eigenvalue weighted by Crippen LogP contribution is -1.87. The van der Waals surface area contributed by atoms with Crippen molar-refractivity contribution in [1.82, 2.24) is 4.98 Å². The highest BCUT2D eigenvalue weighted by atomic mass is 32.1. The Hall–Kier alpha value is -2.37. The topological polar surface area (TPSA) is 69.7 Å². The zero-order valence-corrected chi connectivity index (χ0v) is 8.78. The van der Waals surface area contributed by atoms with Crippen molar-refractivity contribution in [2.45, 2.75) is 0 Å². The fourth-order valence-electron chi connectivity index (χ4n) is 1.13. The molecule has 0 amide bonds. The molecule has 0 aliphatic heterocycles. The van der Waals surface area contributed by atoms with Crippen LogP contribution in [0.25, 0.3) is 0 Å². The van der Waals surface area contributed by atoms with E-state index < -0.39 is 0 Å². The first kappa shape index (κ1) is 10.2. The summed E-state index contributed by atoms with van der Waals surface area (Å²) in [7, 11) is 0. The Bertz CT molecular complexity index is 546. The highest BCUT2D eigenvalue weighted by Gasteiger charge is 2.03. The van der Waals surface area contributed by atoms with Gasteiger partial charge < -0.3 is 4.74 Å². The zero-order valence-electron chi connectivity index (χ0n) is 7.97. The number of benzene rings is 1. The van der Waals surface area contributed by atoms with Gasteiger partial charge in [-0.3, -0.25) is 0 Å². The molecule has 0 aliphatic rings. The van der Waals surface area contributed by atoms with Crippen molar-refractivity contribution in [3.8, 4) is 23.8 Å². The van der Waals surface area contributed by atoms with Gasteiger partial charge in [0.05, 0.1) is 28.6 Å². The molecule has 1 aromatic heterocycles. The number of nitrogens with zero attached hydrogens (tertiary/aromatic N) is 3. The van der Waals surface area contributed by atoms with Crippen molar-refractivity contribution < 1.29 is 4.74 Å². The van der Waals surface area contributed by atoms with Crippen LogP contribution in [0.3, 0.4) is 0 Å². The molecule has 4 nitrogen and oxygen atoms in total. The maximum atomic E-state index is 8.77. The van der Waals surface area contributed by atoms with Gasteiger partial charge in [-0.05, 0) is 18.2 Å². The summed E-state index contributed by atoms with van der Waals surface area (Å²) in [5, 5.41) is 19.2. The third-order valence-corrected chi connectivity index (χ3v) is 2.27. The molecule has 0 saturated carbocycles. The maximum Gasteiger partial charge on any atom is 0.230 e. The number of hydrogen-bond acceptors (Lipinski definition) is 5. The van der Waals surface area contributed by atoms with Gasteiger partial charge in [0.2, 0.25) is 5.88 Å². The van der Waals surface area contributed by atoms with E-state index in [1.165, 1.54) is 17.4 Å². The fourth-order valence-corrected chi connectivity index (χ4v) is 1.53. The summed E-state index contributed by atoms with van der Waals surface area (Å²) in [6.07, 6.45) is 0. The van der Waals surface area contributed by atoms with E-state index in [0.29, 0.717) is 22.8 Å². The average Bonchev–Trinajstić information content (AvgIpc) is 2.81. The second kappa shape index (κ2) is 4.43. The van der Waals surface area contributed by atoms with Crippen molar-refractivity contribution in [3.05, 3.63) is 40.2 Å². The van der Waals surface area contributed by atoms with Crippen LogP contribution in [0, 0.1) is 28.2 Å². The number of nitriles is 2. The zero-order chi connectivity index (χ0) is 11.4. The number of thiazole rings is 1. The minimum atomic E-state index is 0.383. The predicted molar refractivity (Wildman–Crippen MR) is 56.9 cm³/mol. The molecule has 0 bridgehead atoms. The van der Waals surface area contributed by atoms with Crippen LogP contribution < -0.4 is 4.74 Å². The first-order valence-electron chi connectivity index (χ1n) is 4.26. The van der Waals surface area contributed by atoms with E-state index in [2.05, 4.69) is 10.5 Å². The Morgan fingerprint density at radius 2 is 1.88 bits per heavy atom. The predicted octanol–water partition coefficient (Wildman–Crippen LogP) is 2.48. The molecule has 2 aromatic rings. The molecule has 16 heavy (non-hydrogen) atoms. The molecule has 0 spiro atoms. The Morgan fingerprint density at radius 1 is 1.19 bits per heavy atom. The van der Waals surface area contributed by atoms with Crippen molar-refractivity contribution in [2.24, 2.45) is 0 Å². The second-order valence-electron chi connectivity index (χ2n) is 2.85. The summed E-state index contributed by atoms with van der Waals surface area (Å²) in [5.41, 5.74) is 3.41. The minimum absolute atomic E-state index is 0.383. The van der Waals surface area contributed by atoms with E-state index in [4.69, 9.17) is 15.3 Å². The molecule has 2 rings (SSSR count). The molecule has 75 valence electrons. The van der Waals surface area contributed by atoms with E-state index in [9.17, 15) is 0 Å². The van der Waals surface area contributed by atoms with Crippen LogP contribution in [-0.2, 0) is 0 Å². The molecule has 1 aromatic carbocycles. The summed E-state index contributed by atoms with van der Waals surface area (Å²) in [6, 6.07) is 8.54. The van der Waals surface area contributed by atoms with Crippen molar-refractivity contribution in [1.29, 1.82) is 10.5 Å². The van der Waals surface area contributed by atoms with Crippen LogP contribution in [0.2, 0.25) is 0 Å². The van der Waals surface area contributed by atoms with Crippen LogP contribution in [0.1, 0.15) is 11.1 Å². The molecule has 0 atom stereocenters. The number of hydrogen-bond donors (Lipinski definition) is 0. The standard InChI is InChI=1S/C11H4N3OS/c12-4-8-1-9(5-13)3-10(2-8)15-11-6-16-7-14-11/h1-3,6H. The minimum Gasteiger partial charge on any atom is -0.438 e. The SMILES string of the molecule is N#Cc1cc(C#N)cc(Oc2cs[c]n2)c1. The third-order valence-electron chi connectivity index (χ3n) is 1.76. The largest absolute Gasteiger partial charge is 0.438 e. The van der Waals surface area contributed by atoms with E-state index in [1.807, 2.05) is 12.1 Å². The smallest absolute Gasteiger partial charge is 0.230 e. The van der Waals surface area contributed by atoms with Gasteiger partial charge in [0.1, 0.15) is 5.75 Å². The van der Waals surface area contributed by atoms with Gasteiger partial charge in [-0.1, -0.05) is 0 Å². The summed E-state index contributed by atoms with van der Waals surface area (Å²) >= 11 is 1.29. The van der Waals surface area contributed by atoms with Gasteiger partial charge in [0.25, 0.3) is 0 Å². The van der Waals surface area contributed by atoms with Gasteiger partial charge in [-0.25, -0.2) is 0 Å². The molecular formula is C11H4N3OS. The third kappa shape index (κ3) is 2.17. The molecule has 0 saturated heterocycles. The van der Waals surface area contributed by atoms with Gasteiger partial charge in [0.15, 0.2) is 5.51 Å². The van der Waals surface area contributed by atoms with E-state index in [-0.39, 0.29) is 0 Å². The van der Waals surface area contributed by atoms with Crippen LogP contribution in [0.4, 0.5) is 0 Å². The van der Waals surface area contributed by atoms with Crippen LogP contribution in [0.15, 0.2) is 23.6 Å². The lowest BCUT2D eigenvalue weighted by Gasteiger charge is -2.02. The molecule has 0 fully saturated rings. The Morgan fingerprint density at radius 3 is 2.38 bits per heavy atom. The van der Waals surface area contributed by atoms with Gasteiger partial charge in [0, 0.05) is 0 Å². The number of ether oxygens (including phenoxy) is 1. The van der Waals surface area contributed by atoms with Crippen LogP contribution in [-0.4, -0.2) is 4.98 Å². The highest BCUT2D eigenvalue weighted by Crippen LogP contribution is 2.23. The first-order chi connectivity index (χ1) is 7.81. The first-order valence-corrected chi connectivity index (χ1v) is 5.14. The van der Waals surface area contributed by atoms with Crippen molar-refractivity contribution in [2.75, 3.05) is 0 Å². The average molecular weight is 226 g/mol. The molecular weight excluding hydrogens is 222 g/mol. The highest BCUT2D eigenvalue weighted by molar-refractivity contribution is 7.07. The van der Waals surface area contributed by atoms with Crippen molar-refractivity contribution >= 4 is 11.3 Å². The van der Waals surface area contributed by atoms with Crippen LogP contribution >= 0.6 is 11.3 Å². The fraction of sp³-hybridized carbons (Fsp3) is 0. The van der Waals surface area contributed by atoms with Gasteiger partial charge in [-0.15, -0.1) is 11.3 Å². The van der Waals surface area contributed by atoms with E-state index in [0.717, 1.165) is 0 Å². The Kier molecular flexibility index (Phi) is 2.81. The molecule has 1 heterocycles. The van der Waals surface area contributed by atoms with Crippen molar-refractivity contribution in [3.63, 3.8) is 0 Å². The lowest BCUT2D eigenvalue weighted by atomic mass is 10.1. The Labute approximate surface area is 96.0 Å². The normalized spacial score (nSPS) is 9.12. The van der Waals surface area contributed by atoms with Gasteiger partial charge in [-0.2, -0.15) is 15.5 Å². The molecule has 1 radical (unpaired) electrons. The van der Waals surface area contributed by atoms with E-state index >= 15 is 0 Å². The molecule has 5 heteroatoms. The number of aromatic nitrogens is 1. The molecule has 0 aliphatic carbocycles.